The highest BCUT2D eigenvalue weighted by Gasteiger charge is 2.49. The summed E-state index contributed by atoms with van der Waals surface area (Å²) in [5.41, 5.74) is 0.767. The van der Waals surface area contributed by atoms with Gasteiger partial charge in [0.15, 0.2) is 5.79 Å². The second kappa shape index (κ2) is 4.16. The predicted molar refractivity (Wildman–Crippen MR) is 65.2 cm³/mol. The Morgan fingerprint density at radius 2 is 2.16 bits per heavy atom. The van der Waals surface area contributed by atoms with Crippen LogP contribution in [0.5, 0.6) is 5.75 Å². The molecule has 3 rings (SSSR count). The lowest BCUT2D eigenvalue weighted by molar-refractivity contribution is -0.239. The van der Waals surface area contributed by atoms with Crippen molar-refractivity contribution in [3.8, 4) is 5.75 Å². The van der Waals surface area contributed by atoms with Crippen LogP contribution in [-0.2, 0) is 15.9 Å². The molecule has 1 unspecified atom stereocenters. The number of benzene rings is 1. The predicted octanol–water partition coefficient (Wildman–Crippen LogP) is 1.99. The van der Waals surface area contributed by atoms with Crippen LogP contribution in [0.15, 0.2) is 18.2 Å². The Hall–Kier alpha value is -1.17. The van der Waals surface area contributed by atoms with Crippen LogP contribution in [0.2, 0.25) is 0 Å². The SMILES string of the molecule is CC1(C)OC[C@H](C2(O)CCc3cc(F)ccc3O2)O1. The Kier molecular flexibility index (Phi) is 2.81. The van der Waals surface area contributed by atoms with Crippen molar-refractivity contribution >= 4 is 0 Å². The molecule has 2 atom stereocenters. The van der Waals surface area contributed by atoms with E-state index in [-0.39, 0.29) is 12.4 Å². The van der Waals surface area contributed by atoms with Gasteiger partial charge in [-0.2, -0.15) is 0 Å². The molecule has 1 saturated heterocycles. The molecule has 104 valence electrons. The fraction of sp³-hybridized carbons (Fsp3) is 0.571. The molecule has 0 bridgehead atoms. The minimum absolute atomic E-state index is 0.278. The van der Waals surface area contributed by atoms with Gasteiger partial charge in [-0.15, -0.1) is 0 Å². The van der Waals surface area contributed by atoms with E-state index in [1.54, 1.807) is 13.8 Å². The standard InChI is InChI=1S/C14H17FO4/c1-13(2)17-8-12(19-13)14(16)6-5-9-7-10(15)3-4-11(9)18-14/h3-4,7,12,16H,5-6,8H2,1-2H3/t12-,14?/m1/s1. The smallest absolute Gasteiger partial charge is 0.237 e. The number of fused-ring (bicyclic) bond motifs is 1. The summed E-state index contributed by atoms with van der Waals surface area (Å²) in [4.78, 5) is 0. The van der Waals surface area contributed by atoms with E-state index in [0.29, 0.717) is 18.6 Å². The van der Waals surface area contributed by atoms with Crippen LogP contribution >= 0.6 is 0 Å². The topological polar surface area (TPSA) is 47.9 Å². The maximum Gasteiger partial charge on any atom is 0.237 e. The van der Waals surface area contributed by atoms with Gasteiger partial charge in [-0.25, -0.2) is 4.39 Å². The van der Waals surface area contributed by atoms with Gasteiger partial charge in [0.25, 0.3) is 0 Å². The molecule has 5 heteroatoms. The minimum atomic E-state index is -1.42. The number of rotatable bonds is 1. The molecule has 1 fully saturated rings. The highest BCUT2D eigenvalue weighted by atomic mass is 19.1. The second-order valence-electron chi connectivity index (χ2n) is 5.52. The van der Waals surface area contributed by atoms with Crippen molar-refractivity contribution in [3.63, 3.8) is 0 Å². The molecule has 1 aromatic carbocycles. The highest BCUT2D eigenvalue weighted by Crippen LogP contribution is 2.38. The van der Waals surface area contributed by atoms with Gasteiger partial charge in [-0.05, 0) is 44.0 Å². The lowest BCUT2D eigenvalue weighted by Gasteiger charge is -2.37. The van der Waals surface area contributed by atoms with Gasteiger partial charge in [-0.1, -0.05) is 0 Å². The van der Waals surface area contributed by atoms with E-state index in [1.807, 2.05) is 0 Å². The highest BCUT2D eigenvalue weighted by molar-refractivity contribution is 5.36. The zero-order valence-corrected chi connectivity index (χ0v) is 11.0. The van der Waals surface area contributed by atoms with Crippen LogP contribution < -0.4 is 4.74 Å². The van der Waals surface area contributed by atoms with Gasteiger partial charge in [0, 0.05) is 6.42 Å². The number of hydrogen-bond acceptors (Lipinski definition) is 4. The molecule has 0 aromatic heterocycles. The second-order valence-corrected chi connectivity index (χ2v) is 5.52. The normalized spacial score (nSPS) is 32.7. The molecule has 2 heterocycles. The lowest BCUT2D eigenvalue weighted by atomic mass is 9.96. The number of aryl methyl sites for hydroxylation is 1. The number of aliphatic hydroxyl groups is 1. The Bertz CT molecular complexity index is 502. The molecule has 0 radical (unpaired) electrons. The monoisotopic (exact) mass is 268 g/mol. The summed E-state index contributed by atoms with van der Waals surface area (Å²) in [6.45, 7) is 3.87. The zero-order valence-electron chi connectivity index (χ0n) is 11.0. The first kappa shape index (κ1) is 12.8. The van der Waals surface area contributed by atoms with E-state index in [0.717, 1.165) is 5.56 Å². The van der Waals surface area contributed by atoms with Gasteiger partial charge in [0.05, 0.1) is 6.61 Å². The van der Waals surface area contributed by atoms with Crippen molar-refractivity contribution < 1.29 is 23.7 Å². The van der Waals surface area contributed by atoms with Gasteiger partial charge < -0.3 is 19.3 Å². The maximum atomic E-state index is 13.1. The Morgan fingerprint density at radius 3 is 2.84 bits per heavy atom. The van der Waals surface area contributed by atoms with E-state index in [4.69, 9.17) is 14.2 Å². The molecule has 19 heavy (non-hydrogen) atoms. The Balaban J connectivity index is 1.82. The van der Waals surface area contributed by atoms with Gasteiger partial charge in [-0.3, -0.25) is 0 Å². The summed E-state index contributed by atoms with van der Waals surface area (Å²) in [6.07, 6.45) is 0.359. The van der Waals surface area contributed by atoms with Gasteiger partial charge in [0.2, 0.25) is 5.79 Å². The molecule has 0 amide bonds. The number of hydrogen-bond donors (Lipinski definition) is 1. The first-order valence-corrected chi connectivity index (χ1v) is 6.40. The fourth-order valence-electron chi connectivity index (χ4n) is 2.53. The molecule has 0 spiro atoms. The van der Waals surface area contributed by atoms with Crippen LogP contribution in [0, 0.1) is 5.82 Å². The molecule has 4 nitrogen and oxygen atoms in total. The maximum absolute atomic E-state index is 13.1. The van der Waals surface area contributed by atoms with Crippen molar-refractivity contribution in [1.82, 2.24) is 0 Å². The average molecular weight is 268 g/mol. The molecule has 1 N–H and O–H groups in total. The summed E-state index contributed by atoms with van der Waals surface area (Å²) < 4.78 is 29.9. The fourth-order valence-corrected chi connectivity index (χ4v) is 2.53. The van der Waals surface area contributed by atoms with Crippen molar-refractivity contribution in [2.75, 3.05) is 6.61 Å². The van der Waals surface area contributed by atoms with E-state index >= 15 is 0 Å². The molecule has 1 aromatic rings. The largest absolute Gasteiger partial charge is 0.459 e. The van der Waals surface area contributed by atoms with Crippen molar-refractivity contribution in [1.29, 1.82) is 0 Å². The number of ether oxygens (including phenoxy) is 3. The quantitative estimate of drug-likeness (QED) is 0.846. The van der Waals surface area contributed by atoms with Gasteiger partial charge >= 0.3 is 0 Å². The summed E-state index contributed by atoms with van der Waals surface area (Å²) in [5.74, 6) is -1.93. The Morgan fingerprint density at radius 1 is 1.37 bits per heavy atom. The lowest BCUT2D eigenvalue weighted by Crippen LogP contribution is -2.51. The van der Waals surface area contributed by atoms with Crippen LogP contribution in [0.1, 0.15) is 25.8 Å². The van der Waals surface area contributed by atoms with Crippen molar-refractivity contribution in [2.24, 2.45) is 0 Å². The summed E-state index contributed by atoms with van der Waals surface area (Å²) in [7, 11) is 0. The van der Waals surface area contributed by atoms with E-state index in [1.165, 1.54) is 18.2 Å². The van der Waals surface area contributed by atoms with Crippen molar-refractivity contribution in [3.05, 3.63) is 29.6 Å². The molecule has 0 saturated carbocycles. The summed E-state index contributed by atoms with van der Waals surface area (Å²) >= 11 is 0. The molecular weight excluding hydrogens is 251 g/mol. The minimum Gasteiger partial charge on any atom is -0.459 e. The van der Waals surface area contributed by atoms with Crippen LogP contribution in [-0.4, -0.2) is 29.4 Å². The van der Waals surface area contributed by atoms with E-state index in [9.17, 15) is 9.50 Å². The molecule has 0 aliphatic carbocycles. The van der Waals surface area contributed by atoms with Crippen molar-refractivity contribution in [2.45, 2.75) is 44.4 Å². The first-order valence-electron chi connectivity index (χ1n) is 6.40. The van der Waals surface area contributed by atoms with Crippen LogP contribution in [0.3, 0.4) is 0 Å². The van der Waals surface area contributed by atoms with Crippen LogP contribution in [0.25, 0.3) is 0 Å². The molecule has 2 aliphatic heterocycles. The third-order valence-electron chi connectivity index (χ3n) is 3.57. The molecule has 2 aliphatic rings. The average Bonchev–Trinajstić information content (AvgIpc) is 2.71. The third-order valence-corrected chi connectivity index (χ3v) is 3.57. The number of halogens is 1. The third kappa shape index (κ3) is 2.33. The zero-order chi connectivity index (χ0) is 13.7. The van der Waals surface area contributed by atoms with E-state index < -0.39 is 17.7 Å². The summed E-state index contributed by atoms with van der Waals surface area (Å²) in [5, 5.41) is 10.6. The van der Waals surface area contributed by atoms with Crippen LogP contribution in [0.4, 0.5) is 4.39 Å². The first-order chi connectivity index (χ1) is 8.88. The van der Waals surface area contributed by atoms with E-state index in [2.05, 4.69) is 0 Å². The Labute approximate surface area is 111 Å². The summed E-state index contributed by atoms with van der Waals surface area (Å²) in [6, 6.07) is 4.29. The van der Waals surface area contributed by atoms with Gasteiger partial charge in [0.1, 0.15) is 17.7 Å². The molecular formula is C14H17FO4.